The van der Waals surface area contributed by atoms with Crippen LogP contribution >= 0.6 is 0 Å². The Morgan fingerprint density at radius 3 is 3.13 bits per heavy atom. The van der Waals surface area contributed by atoms with E-state index >= 15 is 0 Å². The minimum absolute atomic E-state index is 0.440. The highest BCUT2D eigenvalue weighted by atomic mass is 16.3. The third kappa shape index (κ3) is 3.75. The van der Waals surface area contributed by atoms with E-state index in [1.807, 2.05) is 31.7 Å². The number of nitrogens with zero attached hydrogens (tertiary/aromatic N) is 4. The van der Waals surface area contributed by atoms with Crippen LogP contribution in [0.3, 0.4) is 0 Å². The van der Waals surface area contributed by atoms with Crippen molar-refractivity contribution in [3.63, 3.8) is 0 Å². The molecule has 6 heteroatoms. The summed E-state index contributed by atoms with van der Waals surface area (Å²) in [5.41, 5.74) is 0. The fourth-order valence-electron chi connectivity index (χ4n) is 3.18. The summed E-state index contributed by atoms with van der Waals surface area (Å²) >= 11 is 0. The van der Waals surface area contributed by atoms with Gasteiger partial charge in [-0.1, -0.05) is 6.92 Å². The molecule has 3 rings (SSSR count). The third-order valence-electron chi connectivity index (χ3n) is 4.57. The smallest absolute Gasteiger partial charge is 0.193 e. The Bertz CT molecular complexity index is 605. The maximum atomic E-state index is 5.37. The summed E-state index contributed by atoms with van der Waals surface area (Å²) in [7, 11) is 1.85. The molecular formula is C17H25N5O. The Balaban J connectivity index is 1.57. The molecule has 0 aliphatic carbocycles. The molecule has 1 saturated heterocycles. The van der Waals surface area contributed by atoms with Crippen LogP contribution < -0.4 is 5.32 Å². The number of nitrogens with one attached hydrogen (secondary N) is 1. The van der Waals surface area contributed by atoms with Gasteiger partial charge in [0, 0.05) is 45.5 Å². The zero-order valence-corrected chi connectivity index (χ0v) is 13.9. The first kappa shape index (κ1) is 15.6. The molecule has 124 valence electrons. The summed E-state index contributed by atoms with van der Waals surface area (Å²) in [4.78, 5) is 11.0. The standard InChI is InChI=1S/C17H25N5O/c1-14-6-9-21(12-16(14)22-10-8-19-13-22)17(18-2)20-7-5-15-4-3-11-23-15/h3-4,8,10-11,13-14,16H,5-7,9,12H2,1-2H3,(H,18,20). The minimum atomic E-state index is 0.440. The van der Waals surface area contributed by atoms with E-state index < -0.39 is 0 Å². The lowest BCUT2D eigenvalue weighted by atomic mass is 9.93. The van der Waals surface area contributed by atoms with Gasteiger partial charge in [0.05, 0.1) is 18.6 Å². The number of hydrogen-bond acceptors (Lipinski definition) is 3. The van der Waals surface area contributed by atoms with Crippen molar-refractivity contribution in [2.24, 2.45) is 10.9 Å². The molecule has 2 atom stereocenters. The fraction of sp³-hybridized carbons (Fsp3) is 0.529. The zero-order valence-electron chi connectivity index (χ0n) is 13.9. The Hall–Kier alpha value is -2.24. The highest BCUT2D eigenvalue weighted by Gasteiger charge is 2.28. The highest BCUT2D eigenvalue weighted by Crippen LogP contribution is 2.27. The van der Waals surface area contributed by atoms with Crippen LogP contribution in [0.4, 0.5) is 0 Å². The molecule has 0 bridgehead atoms. The Kier molecular flexibility index (Phi) is 5.00. The normalized spacial score (nSPS) is 22.3. The van der Waals surface area contributed by atoms with Gasteiger partial charge in [0.25, 0.3) is 0 Å². The number of piperidine rings is 1. The number of guanidine groups is 1. The van der Waals surface area contributed by atoms with Gasteiger partial charge in [-0.05, 0) is 24.5 Å². The van der Waals surface area contributed by atoms with Crippen LogP contribution in [0.1, 0.15) is 25.1 Å². The van der Waals surface area contributed by atoms with E-state index in [9.17, 15) is 0 Å². The minimum Gasteiger partial charge on any atom is -0.469 e. The SMILES string of the molecule is CN=C(NCCc1ccco1)N1CCC(C)C(n2ccnc2)C1. The van der Waals surface area contributed by atoms with E-state index in [1.165, 1.54) is 0 Å². The molecule has 2 unspecified atom stereocenters. The number of hydrogen-bond donors (Lipinski definition) is 1. The van der Waals surface area contributed by atoms with Gasteiger partial charge in [-0.2, -0.15) is 0 Å². The predicted octanol–water partition coefficient (Wildman–Crippen LogP) is 2.18. The van der Waals surface area contributed by atoms with Gasteiger partial charge in [0.15, 0.2) is 5.96 Å². The largest absolute Gasteiger partial charge is 0.469 e. The molecule has 2 aromatic heterocycles. The maximum absolute atomic E-state index is 5.37. The summed E-state index contributed by atoms with van der Waals surface area (Å²) in [6.07, 6.45) is 9.55. The van der Waals surface area contributed by atoms with Gasteiger partial charge in [0.2, 0.25) is 0 Å². The zero-order chi connectivity index (χ0) is 16.1. The van der Waals surface area contributed by atoms with Gasteiger partial charge in [0.1, 0.15) is 5.76 Å². The molecule has 6 nitrogen and oxygen atoms in total. The average Bonchev–Trinajstić information content (AvgIpc) is 3.26. The number of aliphatic imine (C=N–C) groups is 1. The van der Waals surface area contributed by atoms with Gasteiger partial charge < -0.3 is 19.2 Å². The lowest BCUT2D eigenvalue weighted by molar-refractivity contribution is 0.189. The molecule has 1 N–H and O–H groups in total. The molecule has 2 aromatic rings. The first-order chi connectivity index (χ1) is 11.3. The van der Waals surface area contributed by atoms with Crippen molar-refractivity contribution in [1.82, 2.24) is 19.8 Å². The molecule has 0 aromatic carbocycles. The van der Waals surface area contributed by atoms with Crippen molar-refractivity contribution < 1.29 is 4.42 Å². The average molecular weight is 315 g/mol. The summed E-state index contributed by atoms with van der Waals surface area (Å²) in [5, 5.41) is 3.45. The molecule has 1 fully saturated rings. The van der Waals surface area contributed by atoms with Gasteiger partial charge in [-0.15, -0.1) is 0 Å². The summed E-state index contributed by atoms with van der Waals surface area (Å²) in [5.74, 6) is 2.60. The van der Waals surface area contributed by atoms with Crippen molar-refractivity contribution in [2.45, 2.75) is 25.8 Å². The monoisotopic (exact) mass is 315 g/mol. The van der Waals surface area contributed by atoms with E-state index in [2.05, 4.69) is 37.9 Å². The van der Waals surface area contributed by atoms with Crippen LogP contribution in [0.15, 0.2) is 46.5 Å². The number of imidazole rings is 1. The first-order valence-corrected chi connectivity index (χ1v) is 8.23. The summed E-state index contributed by atoms with van der Waals surface area (Å²) in [6.45, 7) is 5.13. The number of aromatic nitrogens is 2. The molecule has 0 amide bonds. The fourth-order valence-corrected chi connectivity index (χ4v) is 3.18. The van der Waals surface area contributed by atoms with Crippen molar-refractivity contribution >= 4 is 5.96 Å². The molecule has 23 heavy (non-hydrogen) atoms. The summed E-state index contributed by atoms with van der Waals surface area (Å²) < 4.78 is 7.59. The molecule has 1 aliphatic rings. The first-order valence-electron chi connectivity index (χ1n) is 8.23. The van der Waals surface area contributed by atoms with Crippen molar-refractivity contribution in [3.8, 4) is 0 Å². The number of rotatable bonds is 4. The molecule has 0 saturated carbocycles. The maximum Gasteiger partial charge on any atom is 0.193 e. The van der Waals surface area contributed by atoms with Crippen molar-refractivity contribution in [2.75, 3.05) is 26.7 Å². The van der Waals surface area contributed by atoms with Crippen LogP contribution in [-0.2, 0) is 6.42 Å². The quantitative estimate of drug-likeness (QED) is 0.694. The number of likely N-dealkylation sites (tertiary alicyclic amines) is 1. The van der Waals surface area contributed by atoms with E-state index in [0.29, 0.717) is 12.0 Å². The van der Waals surface area contributed by atoms with Crippen molar-refractivity contribution in [3.05, 3.63) is 42.9 Å². The van der Waals surface area contributed by atoms with E-state index in [1.54, 1.807) is 6.26 Å². The topological polar surface area (TPSA) is 58.6 Å². The molecule has 1 aliphatic heterocycles. The van der Waals surface area contributed by atoms with Crippen LogP contribution in [0.2, 0.25) is 0 Å². The highest BCUT2D eigenvalue weighted by molar-refractivity contribution is 5.80. The molecule has 0 spiro atoms. The van der Waals surface area contributed by atoms with Crippen molar-refractivity contribution in [1.29, 1.82) is 0 Å². The third-order valence-corrected chi connectivity index (χ3v) is 4.57. The Labute approximate surface area is 137 Å². The van der Waals surface area contributed by atoms with Crippen LogP contribution in [0, 0.1) is 5.92 Å². The van der Waals surface area contributed by atoms with E-state index in [4.69, 9.17) is 4.42 Å². The molecular weight excluding hydrogens is 290 g/mol. The second-order valence-corrected chi connectivity index (χ2v) is 6.09. The molecule has 3 heterocycles. The summed E-state index contributed by atoms with van der Waals surface area (Å²) in [6, 6.07) is 4.36. The van der Waals surface area contributed by atoms with E-state index in [-0.39, 0.29) is 0 Å². The second kappa shape index (κ2) is 7.35. The predicted molar refractivity (Wildman–Crippen MR) is 90.4 cm³/mol. The Morgan fingerprint density at radius 1 is 1.52 bits per heavy atom. The van der Waals surface area contributed by atoms with E-state index in [0.717, 1.165) is 44.2 Å². The van der Waals surface area contributed by atoms with Gasteiger partial charge in [-0.3, -0.25) is 4.99 Å². The Morgan fingerprint density at radius 2 is 2.43 bits per heavy atom. The van der Waals surface area contributed by atoms with Crippen LogP contribution in [0.25, 0.3) is 0 Å². The van der Waals surface area contributed by atoms with Gasteiger partial charge in [-0.25, -0.2) is 4.98 Å². The van der Waals surface area contributed by atoms with Crippen LogP contribution in [0.5, 0.6) is 0 Å². The van der Waals surface area contributed by atoms with Gasteiger partial charge >= 0.3 is 0 Å². The number of furan rings is 1. The lowest BCUT2D eigenvalue weighted by Crippen LogP contribution is -2.49. The molecule has 0 radical (unpaired) electrons. The van der Waals surface area contributed by atoms with Crippen LogP contribution in [-0.4, -0.2) is 47.1 Å². The lowest BCUT2D eigenvalue weighted by Gasteiger charge is -2.39. The second-order valence-electron chi connectivity index (χ2n) is 6.09.